The van der Waals surface area contributed by atoms with Crippen molar-refractivity contribution in [3.05, 3.63) is 18.0 Å². The van der Waals surface area contributed by atoms with Gasteiger partial charge in [0.25, 0.3) is 0 Å². The van der Waals surface area contributed by atoms with Gasteiger partial charge in [-0.05, 0) is 45.2 Å². The summed E-state index contributed by atoms with van der Waals surface area (Å²) < 4.78 is 2.03. The van der Waals surface area contributed by atoms with Gasteiger partial charge in [-0.25, -0.2) is 0 Å². The molecule has 1 atom stereocenters. The zero-order valence-electron chi connectivity index (χ0n) is 13.8. The van der Waals surface area contributed by atoms with Crippen molar-refractivity contribution in [1.29, 1.82) is 0 Å². The molecule has 21 heavy (non-hydrogen) atoms. The molecule has 1 aromatic rings. The van der Waals surface area contributed by atoms with Gasteiger partial charge in [0.1, 0.15) is 0 Å². The fraction of sp³-hybridized carbons (Fsp3) is 0.812. The smallest absolute Gasteiger partial charge is 0.0674 e. The maximum Gasteiger partial charge on any atom is 0.0674 e. The van der Waals surface area contributed by atoms with Crippen molar-refractivity contribution in [1.82, 2.24) is 20.1 Å². The van der Waals surface area contributed by atoms with Crippen LogP contribution in [0.3, 0.4) is 0 Å². The van der Waals surface area contributed by atoms with E-state index in [1.165, 1.54) is 31.5 Å². The number of aromatic nitrogens is 2. The second-order valence-corrected chi connectivity index (χ2v) is 6.14. The van der Waals surface area contributed by atoms with Crippen molar-refractivity contribution in [3.63, 3.8) is 0 Å². The lowest BCUT2D eigenvalue weighted by Crippen LogP contribution is -2.56. The first-order valence-corrected chi connectivity index (χ1v) is 8.45. The molecule has 0 amide bonds. The minimum Gasteiger partial charge on any atom is -0.296 e. The maximum atomic E-state index is 5.98. The van der Waals surface area contributed by atoms with E-state index >= 15 is 0 Å². The summed E-state index contributed by atoms with van der Waals surface area (Å²) in [5, 5.41) is 4.49. The quantitative estimate of drug-likeness (QED) is 0.571. The number of rotatable bonds is 8. The normalized spacial score (nSPS) is 18.3. The molecule has 1 saturated heterocycles. The summed E-state index contributed by atoms with van der Waals surface area (Å²) in [4.78, 5) is 2.63. The zero-order valence-corrected chi connectivity index (χ0v) is 13.8. The zero-order chi connectivity index (χ0) is 15.3. The van der Waals surface area contributed by atoms with E-state index in [2.05, 4.69) is 42.4 Å². The molecule has 0 spiro atoms. The number of hydrogen-bond donors (Lipinski definition) is 2. The highest BCUT2D eigenvalue weighted by molar-refractivity contribution is 5.18. The molecule has 0 radical (unpaired) electrons. The summed E-state index contributed by atoms with van der Waals surface area (Å²) in [6.45, 7) is 10.1. The highest BCUT2D eigenvalue weighted by Crippen LogP contribution is 2.38. The van der Waals surface area contributed by atoms with Crippen LogP contribution in [0.15, 0.2) is 12.4 Å². The van der Waals surface area contributed by atoms with Crippen molar-refractivity contribution in [2.75, 3.05) is 13.1 Å². The van der Waals surface area contributed by atoms with Crippen LogP contribution in [0.2, 0.25) is 0 Å². The largest absolute Gasteiger partial charge is 0.296 e. The molecule has 3 N–H and O–H groups in total. The topological polar surface area (TPSA) is 59.1 Å². The summed E-state index contributed by atoms with van der Waals surface area (Å²) in [5.41, 5.74) is 4.40. The van der Waals surface area contributed by atoms with Gasteiger partial charge in [-0.1, -0.05) is 20.8 Å². The number of hydrazine groups is 1. The van der Waals surface area contributed by atoms with Gasteiger partial charge >= 0.3 is 0 Å². The average molecular weight is 293 g/mol. The van der Waals surface area contributed by atoms with Crippen LogP contribution in [0.4, 0.5) is 0 Å². The molecule has 1 aliphatic rings. The highest BCUT2D eigenvalue weighted by Gasteiger charge is 2.42. The first-order valence-electron chi connectivity index (χ1n) is 8.45. The van der Waals surface area contributed by atoms with Crippen LogP contribution >= 0.6 is 0 Å². The van der Waals surface area contributed by atoms with Gasteiger partial charge in [0.15, 0.2) is 0 Å². The fourth-order valence-corrected chi connectivity index (χ4v) is 3.89. The standard InChI is InChI=1S/C16H31N5/c1-4-9-21-13-14(12-18-21)15(19-17)16(5-2,6-3)20-10-7-8-11-20/h12-13,15,19H,4-11,17H2,1-3H3. The van der Waals surface area contributed by atoms with Crippen LogP contribution in [-0.2, 0) is 6.54 Å². The van der Waals surface area contributed by atoms with E-state index < -0.39 is 0 Å². The Labute approximate surface area is 128 Å². The Morgan fingerprint density at radius 1 is 1.29 bits per heavy atom. The molecular weight excluding hydrogens is 262 g/mol. The van der Waals surface area contributed by atoms with E-state index in [-0.39, 0.29) is 11.6 Å². The predicted octanol–water partition coefficient (Wildman–Crippen LogP) is 2.45. The van der Waals surface area contributed by atoms with E-state index in [0.29, 0.717) is 0 Å². The van der Waals surface area contributed by atoms with Gasteiger partial charge in [0.05, 0.1) is 12.2 Å². The van der Waals surface area contributed by atoms with E-state index in [1.54, 1.807) is 0 Å². The molecule has 0 bridgehead atoms. The van der Waals surface area contributed by atoms with Crippen molar-refractivity contribution in [3.8, 4) is 0 Å². The van der Waals surface area contributed by atoms with E-state index in [0.717, 1.165) is 25.8 Å². The first-order chi connectivity index (χ1) is 10.2. The summed E-state index contributed by atoms with van der Waals surface area (Å²) in [6, 6.07) is 0.135. The van der Waals surface area contributed by atoms with Gasteiger partial charge in [-0.2, -0.15) is 5.10 Å². The monoisotopic (exact) mass is 293 g/mol. The second-order valence-electron chi connectivity index (χ2n) is 6.14. The van der Waals surface area contributed by atoms with Crippen molar-refractivity contribution < 1.29 is 0 Å². The number of nitrogens with zero attached hydrogens (tertiary/aromatic N) is 3. The Morgan fingerprint density at radius 2 is 1.95 bits per heavy atom. The Hall–Kier alpha value is -0.910. The summed E-state index contributed by atoms with van der Waals surface area (Å²) in [5.74, 6) is 5.98. The Balaban J connectivity index is 2.29. The van der Waals surface area contributed by atoms with Crippen molar-refractivity contribution >= 4 is 0 Å². The average Bonchev–Trinajstić information content (AvgIpc) is 3.17. The van der Waals surface area contributed by atoms with Crippen LogP contribution in [0.25, 0.3) is 0 Å². The van der Waals surface area contributed by atoms with Crippen LogP contribution in [0.5, 0.6) is 0 Å². The van der Waals surface area contributed by atoms with Gasteiger partial charge in [0.2, 0.25) is 0 Å². The molecule has 1 aromatic heterocycles. The number of hydrogen-bond acceptors (Lipinski definition) is 4. The van der Waals surface area contributed by atoms with E-state index in [9.17, 15) is 0 Å². The molecule has 1 unspecified atom stereocenters. The van der Waals surface area contributed by atoms with E-state index in [4.69, 9.17) is 5.84 Å². The third-order valence-electron chi connectivity index (χ3n) is 5.10. The molecule has 1 fully saturated rings. The van der Waals surface area contributed by atoms with Crippen LogP contribution < -0.4 is 11.3 Å². The van der Waals surface area contributed by atoms with Crippen LogP contribution in [0, 0.1) is 0 Å². The predicted molar refractivity (Wildman–Crippen MR) is 86.7 cm³/mol. The van der Waals surface area contributed by atoms with Gasteiger partial charge < -0.3 is 0 Å². The molecular formula is C16H31N5. The molecule has 0 saturated carbocycles. The summed E-state index contributed by atoms with van der Waals surface area (Å²) in [7, 11) is 0. The molecule has 2 heterocycles. The molecule has 5 heteroatoms. The number of nitrogens with one attached hydrogen (secondary N) is 1. The fourth-order valence-electron chi connectivity index (χ4n) is 3.89. The lowest BCUT2D eigenvalue weighted by atomic mass is 9.80. The Bertz CT molecular complexity index is 418. The molecule has 120 valence electrons. The minimum atomic E-state index is 0.0886. The molecule has 5 nitrogen and oxygen atoms in total. The third-order valence-corrected chi connectivity index (χ3v) is 5.10. The minimum absolute atomic E-state index is 0.0886. The van der Waals surface area contributed by atoms with Gasteiger partial charge in [0, 0.05) is 23.8 Å². The SMILES string of the molecule is CCCn1cc(C(NN)C(CC)(CC)N2CCCC2)cn1. The number of likely N-dealkylation sites (tertiary alicyclic amines) is 1. The summed E-state index contributed by atoms with van der Waals surface area (Å²) >= 11 is 0. The Morgan fingerprint density at radius 3 is 2.48 bits per heavy atom. The lowest BCUT2D eigenvalue weighted by molar-refractivity contribution is 0.0616. The lowest BCUT2D eigenvalue weighted by Gasteiger charge is -2.46. The number of nitrogens with two attached hydrogens (primary N) is 1. The van der Waals surface area contributed by atoms with E-state index in [1.807, 2.05) is 10.9 Å². The summed E-state index contributed by atoms with van der Waals surface area (Å²) in [6.07, 6.45) is 10.0. The Kier molecular flexibility index (Phi) is 5.79. The number of aryl methyl sites for hydroxylation is 1. The highest BCUT2D eigenvalue weighted by atomic mass is 15.3. The third kappa shape index (κ3) is 3.15. The molecule has 1 aliphatic heterocycles. The maximum absolute atomic E-state index is 5.98. The molecule has 2 rings (SSSR count). The van der Waals surface area contributed by atoms with Crippen molar-refractivity contribution in [2.24, 2.45) is 5.84 Å². The first kappa shape index (κ1) is 16.5. The van der Waals surface area contributed by atoms with Gasteiger partial charge in [-0.15, -0.1) is 0 Å². The van der Waals surface area contributed by atoms with Crippen LogP contribution in [0.1, 0.15) is 64.5 Å². The molecule has 0 aromatic carbocycles. The van der Waals surface area contributed by atoms with Crippen molar-refractivity contribution in [2.45, 2.75) is 71.0 Å². The second kappa shape index (κ2) is 7.38. The molecule has 0 aliphatic carbocycles. The van der Waals surface area contributed by atoms with Gasteiger partial charge in [-0.3, -0.25) is 20.9 Å². The van der Waals surface area contributed by atoms with Crippen LogP contribution in [-0.4, -0.2) is 33.3 Å².